The van der Waals surface area contributed by atoms with Crippen molar-refractivity contribution in [2.75, 3.05) is 32.8 Å². The van der Waals surface area contributed by atoms with Gasteiger partial charge in [0.25, 0.3) is 0 Å². The Morgan fingerprint density at radius 1 is 0.708 bits per heavy atom. The molecule has 1 unspecified atom stereocenters. The van der Waals surface area contributed by atoms with E-state index in [4.69, 9.17) is 4.74 Å². The molecule has 1 saturated heterocycles. The first-order chi connectivity index (χ1) is 11.9. The first-order valence-corrected chi connectivity index (χ1v) is 11.2. The Morgan fingerprint density at radius 2 is 1.25 bits per heavy atom. The molecule has 0 aromatic heterocycles. The number of hydrogen-bond donors (Lipinski definition) is 0. The van der Waals surface area contributed by atoms with Crippen LogP contribution in [0.5, 0.6) is 0 Å². The summed E-state index contributed by atoms with van der Waals surface area (Å²) in [6.45, 7) is 10.1. The summed E-state index contributed by atoms with van der Waals surface area (Å²) in [5.41, 5.74) is 0. The number of nitrogens with zero attached hydrogens (tertiary/aromatic N) is 1. The molecule has 0 saturated carbocycles. The maximum absolute atomic E-state index is 5.42. The number of rotatable bonds is 16. The fraction of sp³-hybridized carbons (Fsp3) is 1.00. The molecule has 1 fully saturated rings. The summed E-state index contributed by atoms with van der Waals surface area (Å²) in [6.07, 6.45) is 20.2. The van der Waals surface area contributed by atoms with Crippen molar-refractivity contribution in [2.45, 2.75) is 104 Å². The van der Waals surface area contributed by atoms with E-state index in [0.717, 1.165) is 32.2 Å². The average Bonchev–Trinajstić information content (AvgIpc) is 2.62. The highest BCUT2D eigenvalue weighted by Crippen LogP contribution is 2.20. The van der Waals surface area contributed by atoms with E-state index in [0.29, 0.717) is 0 Å². The summed E-state index contributed by atoms with van der Waals surface area (Å²) in [5.74, 6) is 0.972. The quantitative estimate of drug-likeness (QED) is 0.300. The zero-order valence-electron chi connectivity index (χ0n) is 16.9. The van der Waals surface area contributed by atoms with Crippen LogP contribution < -0.4 is 0 Å². The first kappa shape index (κ1) is 22.0. The zero-order valence-corrected chi connectivity index (χ0v) is 16.9. The molecule has 0 aromatic rings. The van der Waals surface area contributed by atoms with Gasteiger partial charge in [-0.15, -0.1) is 0 Å². The van der Waals surface area contributed by atoms with Crippen molar-refractivity contribution in [3.05, 3.63) is 0 Å². The standard InChI is InChI=1S/C22H45NO/c1-3-5-6-7-8-9-10-11-12-13-15-22(4-2)16-14-17-23-18-20-24-21-19-23/h22H,3-21H2,1-2H3. The second-order valence-corrected chi connectivity index (χ2v) is 7.84. The fourth-order valence-corrected chi connectivity index (χ4v) is 3.90. The lowest BCUT2D eigenvalue weighted by molar-refractivity contribution is 0.0366. The van der Waals surface area contributed by atoms with Crippen molar-refractivity contribution < 1.29 is 4.74 Å². The zero-order chi connectivity index (χ0) is 17.3. The van der Waals surface area contributed by atoms with Crippen LogP contribution in [0.4, 0.5) is 0 Å². The second-order valence-electron chi connectivity index (χ2n) is 7.84. The molecule has 1 aliphatic heterocycles. The van der Waals surface area contributed by atoms with Crippen molar-refractivity contribution in [1.82, 2.24) is 4.90 Å². The fourth-order valence-electron chi connectivity index (χ4n) is 3.90. The lowest BCUT2D eigenvalue weighted by Gasteiger charge is -2.27. The molecular weight excluding hydrogens is 294 g/mol. The Balaban J connectivity index is 1.86. The minimum absolute atomic E-state index is 0.940. The Bertz CT molecular complexity index is 250. The van der Waals surface area contributed by atoms with Crippen LogP contribution in [0.2, 0.25) is 0 Å². The van der Waals surface area contributed by atoms with E-state index in [2.05, 4.69) is 18.7 Å². The van der Waals surface area contributed by atoms with Crippen LogP contribution in [0.3, 0.4) is 0 Å². The topological polar surface area (TPSA) is 12.5 Å². The molecule has 1 atom stereocenters. The number of hydrogen-bond acceptors (Lipinski definition) is 2. The van der Waals surface area contributed by atoms with Crippen LogP contribution in [0.15, 0.2) is 0 Å². The van der Waals surface area contributed by atoms with Gasteiger partial charge in [0, 0.05) is 13.1 Å². The van der Waals surface area contributed by atoms with Crippen LogP contribution in [0, 0.1) is 5.92 Å². The summed E-state index contributed by atoms with van der Waals surface area (Å²) >= 11 is 0. The molecule has 0 spiro atoms. The molecular formula is C22H45NO. The van der Waals surface area contributed by atoms with Crippen LogP contribution in [-0.2, 0) is 4.74 Å². The first-order valence-electron chi connectivity index (χ1n) is 11.2. The molecule has 1 aliphatic rings. The summed E-state index contributed by atoms with van der Waals surface area (Å²) in [4.78, 5) is 2.58. The molecule has 24 heavy (non-hydrogen) atoms. The largest absolute Gasteiger partial charge is 0.379 e. The smallest absolute Gasteiger partial charge is 0.0594 e. The Labute approximate surface area is 152 Å². The summed E-state index contributed by atoms with van der Waals surface area (Å²) in [6, 6.07) is 0. The van der Waals surface area contributed by atoms with Gasteiger partial charge in [-0.2, -0.15) is 0 Å². The molecule has 0 N–H and O–H groups in total. The van der Waals surface area contributed by atoms with E-state index < -0.39 is 0 Å². The molecule has 144 valence electrons. The van der Waals surface area contributed by atoms with Gasteiger partial charge in [0.2, 0.25) is 0 Å². The van der Waals surface area contributed by atoms with Crippen LogP contribution in [0.1, 0.15) is 104 Å². The van der Waals surface area contributed by atoms with Crippen molar-refractivity contribution in [3.8, 4) is 0 Å². The second kappa shape index (κ2) is 16.4. The van der Waals surface area contributed by atoms with E-state index in [1.807, 2.05) is 0 Å². The predicted octanol–water partition coefficient (Wildman–Crippen LogP) is 6.44. The van der Waals surface area contributed by atoms with Crippen molar-refractivity contribution in [3.63, 3.8) is 0 Å². The summed E-state index contributed by atoms with van der Waals surface area (Å²) < 4.78 is 5.42. The Morgan fingerprint density at radius 3 is 1.83 bits per heavy atom. The monoisotopic (exact) mass is 339 g/mol. The minimum atomic E-state index is 0.940. The highest BCUT2D eigenvalue weighted by molar-refractivity contribution is 4.64. The Hall–Kier alpha value is -0.0800. The third kappa shape index (κ3) is 12.3. The molecule has 0 bridgehead atoms. The molecule has 2 heteroatoms. The van der Waals surface area contributed by atoms with Gasteiger partial charge >= 0.3 is 0 Å². The molecule has 2 nitrogen and oxygen atoms in total. The summed E-state index contributed by atoms with van der Waals surface area (Å²) in [5, 5.41) is 0. The lowest BCUT2D eigenvalue weighted by atomic mass is 9.93. The van der Waals surface area contributed by atoms with Gasteiger partial charge in [-0.1, -0.05) is 90.9 Å². The van der Waals surface area contributed by atoms with E-state index in [-0.39, 0.29) is 0 Å². The van der Waals surface area contributed by atoms with Crippen molar-refractivity contribution in [2.24, 2.45) is 5.92 Å². The van der Waals surface area contributed by atoms with Crippen LogP contribution >= 0.6 is 0 Å². The van der Waals surface area contributed by atoms with Gasteiger partial charge in [0.05, 0.1) is 13.2 Å². The van der Waals surface area contributed by atoms with Gasteiger partial charge in [0.15, 0.2) is 0 Å². The molecule has 0 radical (unpaired) electrons. The molecule has 1 heterocycles. The highest BCUT2D eigenvalue weighted by atomic mass is 16.5. The lowest BCUT2D eigenvalue weighted by Crippen LogP contribution is -2.36. The maximum atomic E-state index is 5.42. The van der Waals surface area contributed by atoms with Crippen molar-refractivity contribution >= 4 is 0 Å². The number of unbranched alkanes of at least 4 members (excludes halogenated alkanes) is 9. The third-order valence-corrected chi connectivity index (χ3v) is 5.73. The molecule has 1 rings (SSSR count). The molecule has 0 aromatic carbocycles. The average molecular weight is 340 g/mol. The Kier molecular flexibility index (Phi) is 15.0. The van der Waals surface area contributed by atoms with Gasteiger partial charge in [-0.05, 0) is 25.3 Å². The predicted molar refractivity (Wildman–Crippen MR) is 107 cm³/mol. The summed E-state index contributed by atoms with van der Waals surface area (Å²) in [7, 11) is 0. The van der Waals surface area contributed by atoms with Crippen LogP contribution in [-0.4, -0.2) is 37.7 Å². The van der Waals surface area contributed by atoms with E-state index in [1.54, 1.807) is 0 Å². The van der Waals surface area contributed by atoms with Gasteiger partial charge < -0.3 is 4.74 Å². The van der Waals surface area contributed by atoms with Gasteiger partial charge in [-0.3, -0.25) is 4.90 Å². The minimum Gasteiger partial charge on any atom is -0.379 e. The van der Waals surface area contributed by atoms with E-state index in [1.165, 1.54) is 96.4 Å². The van der Waals surface area contributed by atoms with Crippen LogP contribution in [0.25, 0.3) is 0 Å². The van der Waals surface area contributed by atoms with Gasteiger partial charge in [-0.25, -0.2) is 0 Å². The van der Waals surface area contributed by atoms with Crippen molar-refractivity contribution in [1.29, 1.82) is 0 Å². The SMILES string of the molecule is CCCCCCCCCCCCC(CC)CCCN1CCOCC1. The van der Waals surface area contributed by atoms with Gasteiger partial charge in [0.1, 0.15) is 0 Å². The number of morpholine rings is 1. The molecule has 0 aliphatic carbocycles. The van der Waals surface area contributed by atoms with E-state index in [9.17, 15) is 0 Å². The third-order valence-electron chi connectivity index (χ3n) is 5.73. The normalized spacial score (nSPS) is 17.2. The molecule has 0 amide bonds. The van der Waals surface area contributed by atoms with E-state index >= 15 is 0 Å². The maximum Gasteiger partial charge on any atom is 0.0594 e. The number of ether oxygens (including phenoxy) is 1. The highest BCUT2D eigenvalue weighted by Gasteiger charge is 2.11.